The Hall–Kier alpha value is -3.68. The average Bonchev–Trinajstić information content (AvgIpc) is 3.15. The third-order valence-electron chi connectivity index (χ3n) is 5.07. The van der Waals surface area contributed by atoms with Crippen LogP contribution in [0.25, 0.3) is 16.8 Å². The number of ether oxygens (including phenoxy) is 1. The van der Waals surface area contributed by atoms with Crippen molar-refractivity contribution in [3.8, 4) is 16.9 Å². The van der Waals surface area contributed by atoms with Crippen molar-refractivity contribution >= 4 is 17.7 Å². The van der Waals surface area contributed by atoms with E-state index in [0.717, 1.165) is 16.8 Å². The summed E-state index contributed by atoms with van der Waals surface area (Å²) in [6.07, 6.45) is 4.62. The number of nitrogens with one attached hydrogen (secondary N) is 2. The number of nitrogen functional groups attached to an aromatic ring is 1. The number of hydrogen-bond donors (Lipinski definition) is 3. The molecule has 3 heterocycles. The lowest BCUT2D eigenvalue weighted by molar-refractivity contribution is 0.227. The zero-order valence-electron chi connectivity index (χ0n) is 16.7. The van der Waals surface area contributed by atoms with Gasteiger partial charge in [-0.05, 0) is 43.7 Å². The molecular formula is C22H22FN5O2. The largest absolute Gasteiger partial charge is 0.482 e. The predicted octanol–water partition coefficient (Wildman–Crippen LogP) is 4.25. The smallest absolute Gasteiger partial charge is 0.166 e. The molecule has 4 rings (SSSR count). The molecule has 1 aliphatic heterocycles. The number of rotatable bonds is 2. The fourth-order valence-corrected chi connectivity index (χ4v) is 3.61. The molecule has 1 atom stereocenters. The third kappa shape index (κ3) is 3.52. The van der Waals surface area contributed by atoms with Crippen LogP contribution < -0.4 is 15.8 Å². The van der Waals surface area contributed by atoms with Gasteiger partial charge in [0, 0.05) is 34.8 Å². The topological polar surface area (TPSA) is 110 Å². The van der Waals surface area contributed by atoms with Crippen molar-refractivity contribution in [2.45, 2.75) is 32.9 Å². The zero-order valence-corrected chi connectivity index (χ0v) is 16.7. The van der Waals surface area contributed by atoms with Crippen LogP contribution in [0.4, 0.5) is 10.2 Å². The van der Waals surface area contributed by atoms with Crippen molar-refractivity contribution in [2.75, 3.05) is 5.73 Å². The number of nitrogens with zero attached hydrogens (tertiary/aromatic N) is 2. The van der Waals surface area contributed by atoms with E-state index in [9.17, 15) is 4.39 Å². The Morgan fingerprint density at radius 1 is 1.37 bits per heavy atom. The first-order valence-corrected chi connectivity index (χ1v) is 9.66. The van der Waals surface area contributed by atoms with Gasteiger partial charge in [-0.1, -0.05) is 12.1 Å². The molecule has 0 fully saturated rings. The summed E-state index contributed by atoms with van der Waals surface area (Å²) in [6.45, 7) is 4.14. The third-order valence-corrected chi connectivity index (χ3v) is 5.07. The fourth-order valence-electron chi connectivity index (χ4n) is 3.61. The number of pyridine rings is 1. The summed E-state index contributed by atoms with van der Waals surface area (Å²) < 4.78 is 25.8. The molecule has 0 radical (unpaired) electrons. The second-order valence-electron chi connectivity index (χ2n) is 6.98. The highest BCUT2D eigenvalue weighted by atomic mass is 19.1. The monoisotopic (exact) mass is 407 g/mol. The van der Waals surface area contributed by atoms with Crippen LogP contribution in [-0.4, -0.2) is 16.4 Å². The highest BCUT2D eigenvalue weighted by Gasteiger charge is 2.23. The Balaban J connectivity index is 1.94. The molecule has 0 saturated heterocycles. The number of halogens is 1. The number of fused-ring (bicyclic) bond motifs is 5. The van der Waals surface area contributed by atoms with E-state index in [-0.39, 0.29) is 11.6 Å². The quantitative estimate of drug-likeness (QED) is 0.548. The first-order valence-electron chi connectivity index (χ1n) is 9.66. The molecule has 4 N–H and O–H groups in total. The van der Waals surface area contributed by atoms with E-state index >= 15 is 0 Å². The Morgan fingerprint density at radius 2 is 2.20 bits per heavy atom. The van der Waals surface area contributed by atoms with Gasteiger partial charge in [0.25, 0.3) is 0 Å². The van der Waals surface area contributed by atoms with Gasteiger partial charge in [0.15, 0.2) is 17.3 Å². The van der Waals surface area contributed by atoms with E-state index in [1.165, 1.54) is 18.3 Å². The van der Waals surface area contributed by atoms with Gasteiger partial charge in [-0.2, -0.15) is 0 Å². The Labute approximate surface area is 173 Å². The van der Waals surface area contributed by atoms with Crippen molar-refractivity contribution in [3.63, 3.8) is 0 Å². The molecule has 0 saturated carbocycles. The molecule has 0 amide bonds. The van der Waals surface area contributed by atoms with E-state index in [4.69, 9.17) is 20.4 Å². The maximum absolute atomic E-state index is 14.1. The van der Waals surface area contributed by atoms with Crippen molar-refractivity contribution in [1.82, 2.24) is 15.5 Å². The minimum absolute atomic E-state index is 0.241. The second kappa shape index (κ2) is 7.98. The summed E-state index contributed by atoms with van der Waals surface area (Å²) >= 11 is 0. The van der Waals surface area contributed by atoms with Crippen LogP contribution in [0.3, 0.4) is 0 Å². The number of aromatic nitrogens is 2. The van der Waals surface area contributed by atoms with Crippen molar-refractivity contribution in [3.05, 3.63) is 64.9 Å². The summed E-state index contributed by atoms with van der Waals surface area (Å²) in [5.41, 5.74) is 10.5. The predicted molar refractivity (Wildman–Crippen MR) is 113 cm³/mol. The van der Waals surface area contributed by atoms with E-state index < -0.39 is 6.10 Å². The normalized spacial score (nSPS) is 17.0. The maximum Gasteiger partial charge on any atom is 0.166 e. The molecule has 0 aliphatic carbocycles. The Kier molecular flexibility index (Phi) is 5.22. The molecule has 0 unspecified atom stereocenters. The fraction of sp³-hybridized carbons (Fsp3) is 0.227. The second-order valence-corrected chi connectivity index (χ2v) is 6.98. The van der Waals surface area contributed by atoms with Gasteiger partial charge in [-0.3, -0.25) is 0 Å². The van der Waals surface area contributed by atoms with Gasteiger partial charge in [0.2, 0.25) is 0 Å². The molecule has 1 aromatic carbocycles. The highest BCUT2D eigenvalue weighted by Crippen LogP contribution is 2.36. The SMILES string of the molecule is CCc1noc2c1-c1cnc(N)c(c1)O[C@H](C)c1cc(F)ccc1/C(=C/C=N)NC2. The van der Waals surface area contributed by atoms with Crippen LogP contribution in [-0.2, 0) is 13.0 Å². The van der Waals surface area contributed by atoms with Crippen LogP contribution >= 0.6 is 0 Å². The molecule has 0 spiro atoms. The first kappa shape index (κ1) is 19.6. The highest BCUT2D eigenvalue weighted by molar-refractivity contribution is 5.83. The number of allylic oxidation sites excluding steroid dienone is 1. The van der Waals surface area contributed by atoms with Gasteiger partial charge in [-0.25, -0.2) is 9.37 Å². The molecule has 7 nitrogen and oxygen atoms in total. The lowest BCUT2D eigenvalue weighted by Crippen LogP contribution is -2.17. The van der Waals surface area contributed by atoms with E-state index in [1.54, 1.807) is 18.3 Å². The Morgan fingerprint density at radius 3 is 2.97 bits per heavy atom. The van der Waals surface area contributed by atoms with Gasteiger partial charge in [0.1, 0.15) is 11.9 Å². The summed E-state index contributed by atoms with van der Waals surface area (Å²) in [7, 11) is 0. The van der Waals surface area contributed by atoms with Gasteiger partial charge < -0.3 is 25.7 Å². The molecule has 8 heteroatoms. The van der Waals surface area contributed by atoms with Crippen LogP contribution in [0.5, 0.6) is 5.75 Å². The molecule has 2 bridgehead atoms. The molecule has 30 heavy (non-hydrogen) atoms. The van der Waals surface area contributed by atoms with E-state index in [2.05, 4.69) is 15.5 Å². The number of benzene rings is 1. The molecule has 1 aliphatic rings. The summed E-state index contributed by atoms with van der Waals surface area (Å²) in [4.78, 5) is 4.28. The van der Waals surface area contributed by atoms with Crippen LogP contribution in [0, 0.1) is 11.2 Å². The van der Waals surface area contributed by atoms with Crippen molar-refractivity contribution in [2.24, 2.45) is 0 Å². The van der Waals surface area contributed by atoms with Gasteiger partial charge in [-0.15, -0.1) is 0 Å². The lowest BCUT2D eigenvalue weighted by atomic mass is 9.98. The van der Waals surface area contributed by atoms with Gasteiger partial charge >= 0.3 is 0 Å². The molecule has 3 aromatic rings. The van der Waals surface area contributed by atoms with Crippen LogP contribution in [0.15, 0.2) is 41.1 Å². The van der Waals surface area contributed by atoms with E-state index in [0.29, 0.717) is 41.3 Å². The zero-order chi connectivity index (χ0) is 21.3. The number of hydrogen-bond acceptors (Lipinski definition) is 7. The minimum Gasteiger partial charge on any atom is -0.482 e. The lowest BCUT2D eigenvalue weighted by Gasteiger charge is -2.22. The molecule has 2 aromatic heterocycles. The first-order chi connectivity index (χ1) is 14.5. The average molecular weight is 407 g/mol. The number of anilines is 1. The maximum atomic E-state index is 14.1. The van der Waals surface area contributed by atoms with Gasteiger partial charge in [0.05, 0.1) is 17.8 Å². The number of nitrogens with two attached hydrogens (primary N) is 1. The molecule has 154 valence electrons. The van der Waals surface area contributed by atoms with Crippen molar-refractivity contribution < 1.29 is 13.7 Å². The van der Waals surface area contributed by atoms with Crippen LogP contribution in [0.2, 0.25) is 0 Å². The number of aryl methyl sites for hydroxylation is 1. The Bertz CT molecular complexity index is 1140. The standard InChI is InChI=1S/C22H22FN5O2/c1-3-17-21-13-8-19(22(25)27-10-13)29-12(2)16-9-14(23)4-5-15(16)18(6-7-24)26-11-20(21)30-28-17/h4-10,12,24,26H,3,11H2,1-2H3,(H2,25,27)/b18-6-,24-7?/t12-/m1/s1. The van der Waals surface area contributed by atoms with Crippen LogP contribution in [0.1, 0.15) is 42.5 Å². The van der Waals surface area contributed by atoms with E-state index in [1.807, 2.05) is 19.9 Å². The molecular weight excluding hydrogens is 385 g/mol. The summed E-state index contributed by atoms with van der Waals surface area (Å²) in [6, 6.07) is 6.27. The minimum atomic E-state index is -0.516. The summed E-state index contributed by atoms with van der Waals surface area (Å²) in [5, 5.41) is 15.0. The summed E-state index contributed by atoms with van der Waals surface area (Å²) in [5.74, 6) is 0.883. The van der Waals surface area contributed by atoms with Crippen molar-refractivity contribution in [1.29, 1.82) is 5.41 Å².